The first-order valence-electron chi connectivity index (χ1n) is 9.53. The second-order valence-corrected chi connectivity index (χ2v) is 8.03. The molecule has 0 radical (unpaired) electrons. The van der Waals surface area contributed by atoms with E-state index in [2.05, 4.69) is 6.92 Å². The summed E-state index contributed by atoms with van der Waals surface area (Å²) in [6.07, 6.45) is 18.0. The van der Waals surface area contributed by atoms with Crippen LogP contribution in [0.25, 0.3) is 0 Å². The lowest BCUT2D eigenvalue weighted by molar-refractivity contribution is 0.0148. The van der Waals surface area contributed by atoms with Crippen LogP contribution in [0.5, 0.6) is 0 Å². The molecule has 2 aliphatic rings. The third kappa shape index (κ3) is 6.91. The van der Waals surface area contributed by atoms with E-state index in [4.69, 9.17) is 16.3 Å². The van der Waals surface area contributed by atoms with Gasteiger partial charge in [-0.2, -0.15) is 0 Å². The van der Waals surface area contributed by atoms with Crippen molar-refractivity contribution in [2.24, 2.45) is 11.8 Å². The van der Waals surface area contributed by atoms with Gasteiger partial charge in [-0.25, -0.2) is 0 Å². The van der Waals surface area contributed by atoms with Gasteiger partial charge in [0.25, 0.3) is 0 Å². The molecule has 0 unspecified atom stereocenters. The van der Waals surface area contributed by atoms with E-state index in [0.29, 0.717) is 11.5 Å². The Labute approximate surface area is 137 Å². The Morgan fingerprint density at radius 2 is 1.43 bits per heavy atom. The SMILES string of the molecule is CCCC1CCC(OCCCCC2CCC(Cl)CC2)CC1. The highest BCUT2D eigenvalue weighted by Gasteiger charge is 2.21. The summed E-state index contributed by atoms with van der Waals surface area (Å²) in [7, 11) is 0. The first kappa shape index (κ1) is 17.6. The largest absolute Gasteiger partial charge is 0.378 e. The molecule has 1 nitrogen and oxygen atoms in total. The van der Waals surface area contributed by atoms with Crippen molar-refractivity contribution in [3.63, 3.8) is 0 Å². The van der Waals surface area contributed by atoms with Crippen LogP contribution in [0.1, 0.15) is 90.4 Å². The van der Waals surface area contributed by atoms with Crippen LogP contribution in [0.3, 0.4) is 0 Å². The zero-order valence-corrected chi connectivity index (χ0v) is 14.8. The van der Waals surface area contributed by atoms with Crippen LogP contribution in [0.15, 0.2) is 0 Å². The molecular weight excluding hydrogens is 280 g/mol. The smallest absolute Gasteiger partial charge is 0.0575 e. The highest BCUT2D eigenvalue weighted by Crippen LogP contribution is 2.31. The minimum atomic E-state index is 0.465. The third-order valence-electron chi connectivity index (χ3n) is 5.63. The summed E-state index contributed by atoms with van der Waals surface area (Å²) < 4.78 is 6.09. The molecule has 0 aromatic heterocycles. The molecule has 0 amide bonds. The van der Waals surface area contributed by atoms with Crippen LogP contribution in [0, 0.1) is 11.8 Å². The summed E-state index contributed by atoms with van der Waals surface area (Å²) in [4.78, 5) is 0. The van der Waals surface area contributed by atoms with Crippen LogP contribution in [-0.2, 0) is 4.74 Å². The van der Waals surface area contributed by atoms with Crippen LogP contribution in [0.4, 0.5) is 0 Å². The predicted molar refractivity (Wildman–Crippen MR) is 92.1 cm³/mol. The normalized spacial score (nSPS) is 34.0. The molecule has 0 heterocycles. The molecule has 2 fully saturated rings. The molecule has 21 heavy (non-hydrogen) atoms. The van der Waals surface area contributed by atoms with Gasteiger partial charge in [0.15, 0.2) is 0 Å². The molecular formula is C19H35ClO. The van der Waals surface area contributed by atoms with Gasteiger partial charge in [-0.3, -0.25) is 0 Å². The zero-order chi connectivity index (χ0) is 14.9. The molecule has 0 bridgehead atoms. The van der Waals surface area contributed by atoms with Gasteiger partial charge in [0.05, 0.1) is 6.10 Å². The molecule has 2 heteroatoms. The minimum Gasteiger partial charge on any atom is -0.378 e. The second kappa shape index (κ2) is 10.1. The third-order valence-corrected chi connectivity index (χ3v) is 6.06. The summed E-state index contributed by atoms with van der Waals surface area (Å²) in [6, 6.07) is 0. The fourth-order valence-corrected chi connectivity index (χ4v) is 4.44. The number of hydrogen-bond donors (Lipinski definition) is 0. The number of rotatable bonds is 8. The molecule has 2 saturated carbocycles. The molecule has 0 aromatic carbocycles. The molecule has 0 saturated heterocycles. The molecule has 0 N–H and O–H groups in total. The van der Waals surface area contributed by atoms with E-state index in [1.54, 1.807) is 0 Å². The van der Waals surface area contributed by atoms with Crippen molar-refractivity contribution < 1.29 is 4.74 Å². The number of hydrogen-bond acceptors (Lipinski definition) is 1. The molecule has 0 aliphatic heterocycles. The van der Waals surface area contributed by atoms with Gasteiger partial charge < -0.3 is 4.74 Å². The Hall–Kier alpha value is 0.250. The fraction of sp³-hybridized carbons (Fsp3) is 1.00. The number of alkyl halides is 1. The summed E-state index contributed by atoms with van der Waals surface area (Å²) in [5.74, 6) is 1.94. The van der Waals surface area contributed by atoms with E-state index in [1.807, 2.05) is 0 Å². The average molecular weight is 315 g/mol. The molecule has 0 aromatic rings. The minimum absolute atomic E-state index is 0.465. The maximum absolute atomic E-state index is 6.16. The van der Waals surface area contributed by atoms with Crippen molar-refractivity contribution in [1.29, 1.82) is 0 Å². The van der Waals surface area contributed by atoms with Gasteiger partial charge in [0.2, 0.25) is 0 Å². The zero-order valence-electron chi connectivity index (χ0n) is 14.0. The maximum atomic E-state index is 6.16. The van der Waals surface area contributed by atoms with Crippen LogP contribution >= 0.6 is 11.6 Å². The predicted octanol–water partition coefficient (Wildman–Crippen LogP) is 6.33. The first-order valence-corrected chi connectivity index (χ1v) is 9.97. The van der Waals surface area contributed by atoms with Crippen molar-refractivity contribution in [2.75, 3.05) is 6.61 Å². The van der Waals surface area contributed by atoms with Crippen LogP contribution < -0.4 is 0 Å². The number of ether oxygens (including phenoxy) is 1. The van der Waals surface area contributed by atoms with E-state index in [-0.39, 0.29) is 0 Å². The lowest BCUT2D eigenvalue weighted by Crippen LogP contribution is -2.22. The molecule has 2 rings (SSSR count). The van der Waals surface area contributed by atoms with Gasteiger partial charge in [-0.15, -0.1) is 11.6 Å². The molecule has 2 aliphatic carbocycles. The quantitative estimate of drug-likeness (QED) is 0.376. The average Bonchev–Trinajstić information content (AvgIpc) is 2.51. The van der Waals surface area contributed by atoms with Crippen molar-refractivity contribution in [3.05, 3.63) is 0 Å². The Bertz CT molecular complexity index is 252. The van der Waals surface area contributed by atoms with Crippen molar-refractivity contribution >= 4 is 11.6 Å². The fourth-order valence-electron chi connectivity index (χ4n) is 4.19. The van der Waals surface area contributed by atoms with Gasteiger partial charge in [-0.05, 0) is 69.6 Å². The van der Waals surface area contributed by atoms with Crippen molar-refractivity contribution in [2.45, 2.75) is 102 Å². The van der Waals surface area contributed by atoms with Gasteiger partial charge in [0, 0.05) is 12.0 Å². The Morgan fingerprint density at radius 3 is 2.10 bits per heavy atom. The van der Waals surface area contributed by atoms with E-state index in [1.165, 1.54) is 83.5 Å². The number of halogens is 1. The summed E-state index contributed by atoms with van der Waals surface area (Å²) in [6.45, 7) is 3.30. The topological polar surface area (TPSA) is 9.23 Å². The molecule has 124 valence electrons. The maximum Gasteiger partial charge on any atom is 0.0575 e. The van der Waals surface area contributed by atoms with Gasteiger partial charge >= 0.3 is 0 Å². The first-order chi connectivity index (χ1) is 10.3. The molecule has 0 spiro atoms. The summed E-state index contributed by atoms with van der Waals surface area (Å²) >= 11 is 6.16. The lowest BCUT2D eigenvalue weighted by atomic mass is 9.84. The standard InChI is InChI=1S/C19H35ClO/c1-2-5-16-9-13-19(14-10-16)21-15-4-3-6-17-7-11-18(20)12-8-17/h16-19H,2-15H2,1H3. The highest BCUT2D eigenvalue weighted by atomic mass is 35.5. The summed E-state index contributed by atoms with van der Waals surface area (Å²) in [5, 5.41) is 0.465. The van der Waals surface area contributed by atoms with E-state index >= 15 is 0 Å². The van der Waals surface area contributed by atoms with E-state index in [0.717, 1.165) is 18.4 Å². The summed E-state index contributed by atoms with van der Waals surface area (Å²) in [5.41, 5.74) is 0. The lowest BCUT2D eigenvalue weighted by Gasteiger charge is -2.28. The van der Waals surface area contributed by atoms with E-state index < -0.39 is 0 Å². The van der Waals surface area contributed by atoms with Gasteiger partial charge in [-0.1, -0.05) is 32.6 Å². The monoisotopic (exact) mass is 314 g/mol. The highest BCUT2D eigenvalue weighted by molar-refractivity contribution is 6.20. The van der Waals surface area contributed by atoms with Crippen LogP contribution in [-0.4, -0.2) is 18.1 Å². The number of unbranched alkanes of at least 4 members (excludes halogenated alkanes) is 1. The second-order valence-electron chi connectivity index (χ2n) is 7.42. The Balaban J connectivity index is 1.43. The Kier molecular flexibility index (Phi) is 8.47. The molecule has 0 atom stereocenters. The van der Waals surface area contributed by atoms with Crippen molar-refractivity contribution in [3.8, 4) is 0 Å². The van der Waals surface area contributed by atoms with Gasteiger partial charge in [0.1, 0.15) is 0 Å². The Morgan fingerprint density at radius 1 is 0.810 bits per heavy atom. The van der Waals surface area contributed by atoms with Crippen molar-refractivity contribution in [1.82, 2.24) is 0 Å². The van der Waals surface area contributed by atoms with Crippen LogP contribution in [0.2, 0.25) is 0 Å². The van der Waals surface area contributed by atoms with E-state index in [9.17, 15) is 0 Å².